The van der Waals surface area contributed by atoms with Gasteiger partial charge in [0.1, 0.15) is 13.5 Å². The van der Waals surface area contributed by atoms with Crippen LogP contribution in [0.25, 0.3) is 0 Å². The lowest BCUT2D eigenvalue weighted by atomic mass is 9.91. The molecule has 626 valence electrons. The van der Waals surface area contributed by atoms with E-state index in [4.69, 9.17) is 0 Å². The Labute approximate surface area is 540 Å². The average Bonchev–Trinajstić information content (AvgIpc) is 0.698. The molecule has 0 aliphatic heterocycles. The van der Waals surface area contributed by atoms with Gasteiger partial charge in [0.2, 0.25) is 0 Å². The summed E-state index contributed by atoms with van der Waals surface area (Å²) in [6, 6.07) is 0. The molecule has 0 spiro atoms. The van der Waals surface area contributed by atoms with Gasteiger partial charge in [0, 0.05) is 32.8 Å². The van der Waals surface area contributed by atoms with E-state index in [0.717, 1.165) is 0 Å². The molecule has 0 radical (unpaired) electrons. The van der Waals surface area contributed by atoms with Crippen molar-refractivity contribution >= 4 is 38.7 Å². The molecular formula is C36H27F51N3O10PS3. The van der Waals surface area contributed by atoms with Crippen LogP contribution in [0, 0.1) is 0 Å². The van der Waals surface area contributed by atoms with Crippen LogP contribution in [0.4, 0.5) is 224 Å². The van der Waals surface area contributed by atoms with Gasteiger partial charge in [0.05, 0.1) is 13.2 Å². The quantitative estimate of drug-likeness (QED) is 0.0330. The van der Waals surface area contributed by atoms with Gasteiger partial charge in [-0.25, -0.2) is 25.3 Å². The fraction of sp³-hybridized carbons (Fsp3) is 1.00. The van der Waals surface area contributed by atoms with Crippen LogP contribution in [-0.2, 0) is 48.4 Å². The van der Waals surface area contributed by atoms with E-state index in [0.29, 0.717) is 6.92 Å². The minimum absolute atomic E-state index is 0.220. The molecule has 0 saturated carbocycles. The molecule has 0 fully saturated rings. The Kier molecular flexibility index (Phi) is 27.6. The average molecular weight is 1760 g/mol. The summed E-state index contributed by atoms with van der Waals surface area (Å²) in [5.41, 5.74) is 0. The van der Waals surface area contributed by atoms with E-state index in [1.807, 2.05) is 0 Å². The zero-order valence-corrected chi connectivity index (χ0v) is 51.1. The van der Waals surface area contributed by atoms with Crippen molar-refractivity contribution in [2.45, 2.75) is 162 Å². The van der Waals surface area contributed by atoms with Crippen molar-refractivity contribution in [2.75, 3.05) is 59.5 Å². The van der Waals surface area contributed by atoms with Gasteiger partial charge in [-0.15, -0.1) is 4.31 Å². The van der Waals surface area contributed by atoms with E-state index in [2.05, 4.69) is 18.3 Å². The molecule has 0 bridgehead atoms. The summed E-state index contributed by atoms with van der Waals surface area (Å²) in [5, 5.41) is -26.0. The molecule has 0 aliphatic rings. The lowest BCUT2D eigenvalue weighted by Gasteiger charge is -2.43. The molecular weight excluding hydrogens is 1730 g/mol. The second-order valence-corrected chi connectivity index (χ2v) is 26.3. The van der Waals surface area contributed by atoms with Gasteiger partial charge >= 0.3 is 150 Å². The van der Waals surface area contributed by atoms with Gasteiger partial charge < -0.3 is 13.8 Å². The molecule has 0 heterocycles. The summed E-state index contributed by atoms with van der Waals surface area (Å²) in [5.74, 6) is -168. The van der Waals surface area contributed by atoms with Crippen LogP contribution in [0.3, 0.4) is 0 Å². The number of likely N-dealkylation sites (N-methyl/N-ethyl adjacent to an activating group) is 2. The minimum Gasteiger partial charge on any atom is -0.365 e. The Balaban J connectivity index is 8.47. The van der Waals surface area contributed by atoms with E-state index in [1.165, 1.54) is 0 Å². The molecule has 0 aromatic heterocycles. The molecule has 0 amide bonds. The standard InChI is InChI=1S/C36H27F51N3O10PS3/c1-4-88(102(91,92)34(82,83)28(67,68)22(55,56)16(43,44)13(37,38)19(49,50)25(61,62)31(73,74)75)7-9-98-101(99-10-8-89(5-2)103(93,94)35(84,85)29(69,70)23(57,58)17(45,46)14(39,40)20(51,52)26(63,64)32(76,77)78)100-12-90(11-97-6-3)104(95,96)36(86,87)30(71,72)24(59,60)18(47,48)15(41,42)21(53,54)27(65,66)33(79,80)81/h4-12H2,1-3H3. The first-order valence-electron chi connectivity index (χ1n) is 24.1. The summed E-state index contributed by atoms with van der Waals surface area (Å²) >= 11 is 0. The van der Waals surface area contributed by atoms with Gasteiger partial charge in [0.25, 0.3) is 30.1 Å². The fourth-order valence-electron chi connectivity index (χ4n) is 6.34. The van der Waals surface area contributed by atoms with Crippen molar-refractivity contribution in [3.05, 3.63) is 0 Å². The number of sulfonamides is 3. The van der Waals surface area contributed by atoms with Crippen molar-refractivity contribution in [1.29, 1.82) is 0 Å². The Morgan fingerprint density at radius 3 is 0.587 bits per heavy atom. The topological polar surface area (TPSA) is 149 Å². The van der Waals surface area contributed by atoms with E-state index in [-0.39, 0.29) is 13.8 Å². The van der Waals surface area contributed by atoms with Crippen molar-refractivity contribution < 1.29 is 267 Å². The lowest BCUT2D eigenvalue weighted by Crippen LogP contribution is -2.75. The number of ether oxygens (including phenoxy) is 1. The first kappa shape index (κ1) is 100. The summed E-state index contributed by atoms with van der Waals surface area (Å²) < 4.78 is 799. The third-order valence-corrected chi connectivity index (χ3v) is 19.6. The van der Waals surface area contributed by atoms with Gasteiger partial charge in [-0.1, -0.05) is 13.8 Å². The number of halogens is 51. The van der Waals surface area contributed by atoms with E-state index < -0.39 is 252 Å². The van der Waals surface area contributed by atoms with Crippen LogP contribution < -0.4 is 0 Å². The molecule has 68 heteroatoms. The number of hydrogen-bond acceptors (Lipinski definition) is 10. The van der Waals surface area contributed by atoms with E-state index >= 15 is 26.3 Å². The SMILES string of the molecule is CCOCN(COP(OCCN(CC)S(=O)(=O)C(F)(F)C(F)(F)C(F)(F)C(F)(F)C(F)(F)C(F)(F)C(F)(F)C(F)(F)F)OCCN(CC)S(=O)(=O)C(F)(F)C(F)(F)C(F)(F)C(F)(F)C(F)(F)C(F)(F)C(F)(F)C(F)(F)F)S(=O)(=O)C(F)(F)C(F)(F)C(F)(F)C(F)(F)C(F)(F)C(F)(F)C(F)(F)C(F)(F)F. The summed E-state index contributed by atoms with van der Waals surface area (Å²) in [7, 11) is -31.5. The van der Waals surface area contributed by atoms with E-state index in [1.54, 1.807) is 0 Å². The molecule has 0 unspecified atom stereocenters. The van der Waals surface area contributed by atoms with Crippen LogP contribution in [0.5, 0.6) is 0 Å². The third-order valence-electron chi connectivity index (χ3n) is 12.6. The Hall–Kier alpha value is -3.57. The van der Waals surface area contributed by atoms with Gasteiger partial charge in [-0.2, -0.15) is 233 Å². The predicted molar refractivity (Wildman–Crippen MR) is 226 cm³/mol. The van der Waals surface area contributed by atoms with Gasteiger partial charge in [-0.05, 0) is 6.92 Å². The molecule has 0 atom stereocenters. The normalized spacial score (nSPS) is 16.7. The molecule has 0 aliphatic carbocycles. The van der Waals surface area contributed by atoms with Crippen molar-refractivity contribution in [3.8, 4) is 0 Å². The van der Waals surface area contributed by atoms with Crippen LogP contribution in [-0.4, -0.2) is 239 Å². The molecule has 0 rings (SSSR count). The Morgan fingerprint density at radius 1 is 0.240 bits per heavy atom. The second-order valence-electron chi connectivity index (χ2n) is 19.1. The summed E-state index contributed by atoms with van der Waals surface area (Å²) in [4.78, 5) is 0. The highest BCUT2D eigenvalue weighted by Crippen LogP contribution is 2.69. The molecule has 0 saturated heterocycles. The highest BCUT2D eigenvalue weighted by atomic mass is 32.2. The van der Waals surface area contributed by atoms with Gasteiger partial charge in [-0.3, -0.25) is 4.52 Å². The van der Waals surface area contributed by atoms with Crippen molar-refractivity contribution in [3.63, 3.8) is 0 Å². The summed E-state index contributed by atoms with van der Waals surface area (Å²) in [6.07, 6.45) is -25.1. The number of rotatable bonds is 40. The molecule has 0 aromatic carbocycles. The summed E-state index contributed by atoms with van der Waals surface area (Å²) in [6.45, 7) is -24.4. The Morgan fingerprint density at radius 2 is 0.413 bits per heavy atom. The van der Waals surface area contributed by atoms with E-state index in [9.17, 15) is 223 Å². The maximum Gasteiger partial charge on any atom is 0.460 e. The third kappa shape index (κ3) is 14.3. The first-order chi connectivity index (χ1) is 44.7. The van der Waals surface area contributed by atoms with Gasteiger partial charge in [0.15, 0.2) is 0 Å². The smallest absolute Gasteiger partial charge is 0.365 e. The molecule has 0 N–H and O–H groups in total. The largest absolute Gasteiger partial charge is 0.460 e. The van der Waals surface area contributed by atoms with Crippen molar-refractivity contribution in [1.82, 2.24) is 12.9 Å². The van der Waals surface area contributed by atoms with Crippen LogP contribution >= 0.6 is 8.60 Å². The van der Waals surface area contributed by atoms with Crippen LogP contribution in [0.15, 0.2) is 0 Å². The Bertz CT molecular complexity index is 3160. The van der Waals surface area contributed by atoms with Crippen LogP contribution in [0.1, 0.15) is 20.8 Å². The molecule has 0 aromatic rings. The zero-order chi connectivity index (χ0) is 85.0. The first-order valence-corrected chi connectivity index (χ1v) is 29.5. The minimum atomic E-state index is -9.66. The molecule has 104 heavy (non-hydrogen) atoms. The fourth-order valence-corrected chi connectivity index (χ4v) is 11.4. The maximum atomic E-state index is 15.3. The zero-order valence-electron chi connectivity index (χ0n) is 47.7. The lowest BCUT2D eigenvalue weighted by molar-refractivity contribution is -0.458. The van der Waals surface area contributed by atoms with Crippen LogP contribution in [0.2, 0.25) is 0 Å². The maximum absolute atomic E-state index is 15.3. The highest BCUT2D eigenvalue weighted by molar-refractivity contribution is 7.90. The number of alkyl halides is 51. The highest BCUT2D eigenvalue weighted by Gasteiger charge is 3.00. The number of nitrogens with zero attached hydrogens (tertiary/aromatic N) is 3. The monoisotopic (exact) mass is 1760 g/mol. The van der Waals surface area contributed by atoms with Crippen molar-refractivity contribution in [2.24, 2.45) is 0 Å². The second kappa shape index (κ2) is 28.6. The predicted octanol–water partition coefficient (Wildman–Crippen LogP) is 16.1. The number of hydrogen-bond donors (Lipinski definition) is 0. The molecule has 13 nitrogen and oxygen atoms in total.